The van der Waals surface area contributed by atoms with E-state index in [-0.39, 0.29) is 5.97 Å². The lowest BCUT2D eigenvalue weighted by Crippen LogP contribution is -2.21. The molecule has 0 aliphatic heterocycles. The second kappa shape index (κ2) is 7.43. The van der Waals surface area contributed by atoms with Crippen LogP contribution in [-0.2, 0) is 4.74 Å². The number of aryl methyl sites for hydroxylation is 3. The molecule has 0 bridgehead atoms. The summed E-state index contributed by atoms with van der Waals surface area (Å²) in [6.07, 6.45) is 1.00. The average molecular weight is 365 g/mol. The molecule has 3 aromatic rings. The second-order valence-corrected chi connectivity index (χ2v) is 7.04. The highest BCUT2D eigenvalue weighted by molar-refractivity contribution is 5.95. The predicted octanol–water partition coefficient (Wildman–Crippen LogP) is 4.56. The fourth-order valence-electron chi connectivity index (χ4n) is 3.72. The number of fused-ring (bicyclic) bond motifs is 1. The number of carbonyl (C=O) groups excluding carboxylic acids is 1. The van der Waals surface area contributed by atoms with Gasteiger partial charge in [0.15, 0.2) is 0 Å². The number of hydrogen-bond acceptors (Lipinski definition) is 4. The maximum atomic E-state index is 12.3. The van der Waals surface area contributed by atoms with Crippen LogP contribution in [0.1, 0.15) is 40.5 Å². The van der Waals surface area contributed by atoms with E-state index in [0.717, 1.165) is 35.6 Å². The smallest absolute Gasteiger partial charge is 0.338 e. The van der Waals surface area contributed by atoms with Crippen LogP contribution in [0.5, 0.6) is 0 Å². The van der Waals surface area contributed by atoms with Gasteiger partial charge < -0.3 is 9.64 Å². The van der Waals surface area contributed by atoms with Gasteiger partial charge in [-0.3, -0.25) is 0 Å². The van der Waals surface area contributed by atoms with Gasteiger partial charge in [0.25, 0.3) is 0 Å². The predicted molar refractivity (Wildman–Crippen MR) is 110 cm³/mol. The van der Waals surface area contributed by atoms with Crippen molar-refractivity contribution in [1.29, 1.82) is 0 Å². The molecular formula is C22H27N3O2. The maximum absolute atomic E-state index is 12.3. The first kappa shape index (κ1) is 19.0. The molecule has 0 saturated heterocycles. The number of carbonyl (C=O) groups is 1. The molecule has 3 rings (SSSR count). The van der Waals surface area contributed by atoms with Crippen molar-refractivity contribution in [2.45, 2.75) is 34.1 Å². The van der Waals surface area contributed by atoms with E-state index in [0.29, 0.717) is 5.56 Å². The summed E-state index contributed by atoms with van der Waals surface area (Å²) in [5.41, 5.74) is 7.04. The van der Waals surface area contributed by atoms with Crippen molar-refractivity contribution >= 4 is 17.3 Å². The highest BCUT2D eigenvalue weighted by Crippen LogP contribution is 2.35. The van der Waals surface area contributed by atoms with Gasteiger partial charge in [-0.25, -0.2) is 9.31 Å². The fraction of sp³-hybridized carbons (Fsp3) is 0.364. The van der Waals surface area contributed by atoms with Crippen molar-refractivity contribution < 1.29 is 9.53 Å². The van der Waals surface area contributed by atoms with Gasteiger partial charge in [0.2, 0.25) is 0 Å². The van der Waals surface area contributed by atoms with Crippen molar-refractivity contribution in [3.05, 3.63) is 52.7 Å². The molecule has 2 aromatic heterocycles. The molecular weight excluding hydrogens is 338 g/mol. The zero-order valence-electron chi connectivity index (χ0n) is 17.0. The summed E-state index contributed by atoms with van der Waals surface area (Å²) in [6, 6.07) is 10.0. The van der Waals surface area contributed by atoms with Crippen LogP contribution in [0.4, 0.5) is 5.82 Å². The number of methoxy groups -OCH3 is 1. The van der Waals surface area contributed by atoms with E-state index in [1.165, 1.54) is 23.8 Å². The molecule has 142 valence electrons. The second-order valence-electron chi connectivity index (χ2n) is 7.04. The van der Waals surface area contributed by atoms with E-state index in [1.54, 1.807) is 0 Å². The Hall–Kier alpha value is -2.82. The molecule has 0 atom stereocenters. The summed E-state index contributed by atoms with van der Waals surface area (Å²) < 4.78 is 6.94. The van der Waals surface area contributed by atoms with Gasteiger partial charge in [0.05, 0.1) is 23.9 Å². The Kier molecular flexibility index (Phi) is 5.22. The molecule has 0 saturated carbocycles. The number of nitrogens with zero attached hydrogens (tertiary/aromatic N) is 3. The first-order valence-corrected chi connectivity index (χ1v) is 9.28. The van der Waals surface area contributed by atoms with Gasteiger partial charge in [0, 0.05) is 19.2 Å². The number of ether oxygens (including phenoxy) is 1. The molecule has 0 spiro atoms. The molecule has 0 amide bonds. The summed E-state index contributed by atoms with van der Waals surface area (Å²) >= 11 is 0. The fourth-order valence-corrected chi connectivity index (χ4v) is 3.72. The normalized spacial score (nSPS) is 11.0. The highest BCUT2D eigenvalue weighted by Gasteiger charge is 2.21. The molecule has 2 heterocycles. The van der Waals surface area contributed by atoms with Crippen LogP contribution in [-0.4, -0.2) is 36.3 Å². The van der Waals surface area contributed by atoms with Crippen LogP contribution in [0, 0.1) is 20.8 Å². The molecule has 0 aliphatic rings. The quantitative estimate of drug-likeness (QED) is 0.622. The molecule has 5 heteroatoms. The molecule has 5 nitrogen and oxygen atoms in total. The third-order valence-electron chi connectivity index (χ3n) is 4.99. The van der Waals surface area contributed by atoms with Crippen molar-refractivity contribution in [3.8, 4) is 11.1 Å². The molecule has 0 radical (unpaired) electrons. The van der Waals surface area contributed by atoms with E-state index in [4.69, 9.17) is 9.84 Å². The van der Waals surface area contributed by atoms with Crippen molar-refractivity contribution in [2.24, 2.45) is 0 Å². The minimum atomic E-state index is -0.338. The lowest BCUT2D eigenvalue weighted by molar-refractivity contribution is 0.0601. The number of rotatable bonds is 5. The van der Waals surface area contributed by atoms with Crippen LogP contribution < -0.4 is 4.90 Å². The first-order valence-electron chi connectivity index (χ1n) is 9.28. The Labute approximate surface area is 160 Å². The summed E-state index contributed by atoms with van der Waals surface area (Å²) in [5.74, 6) is 0.547. The summed E-state index contributed by atoms with van der Waals surface area (Å²) in [7, 11) is 3.44. The topological polar surface area (TPSA) is 46.8 Å². The Morgan fingerprint density at radius 2 is 1.81 bits per heavy atom. The first-order chi connectivity index (χ1) is 12.9. The largest absolute Gasteiger partial charge is 0.465 e. The number of aromatic nitrogens is 2. The van der Waals surface area contributed by atoms with Crippen LogP contribution in [0.25, 0.3) is 16.6 Å². The minimum absolute atomic E-state index is 0.338. The number of benzene rings is 1. The third kappa shape index (κ3) is 3.29. The summed E-state index contributed by atoms with van der Waals surface area (Å²) in [6.45, 7) is 9.25. The van der Waals surface area contributed by atoms with E-state index in [2.05, 4.69) is 43.9 Å². The number of esters is 1. The standard InChI is InChI=1S/C22H27N3O2/c1-7-11-24(5)19-13-17(22(26)27-6)12-18-21(16(4)23-25(18)19)20-14(2)9-8-10-15(20)3/h8-10,12-13H,7,11H2,1-6H3. The van der Waals surface area contributed by atoms with Gasteiger partial charge >= 0.3 is 5.97 Å². The van der Waals surface area contributed by atoms with Crippen LogP contribution in [0.2, 0.25) is 0 Å². The monoisotopic (exact) mass is 365 g/mol. The minimum Gasteiger partial charge on any atom is -0.465 e. The number of pyridine rings is 1. The SMILES string of the molecule is CCCN(C)c1cc(C(=O)OC)cc2c(-c3c(C)cccc3C)c(C)nn12. The van der Waals surface area contributed by atoms with Gasteiger partial charge in [-0.2, -0.15) is 5.10 Å². The van der Waals surface area contributed by atoms with Crippen LogP contribution >= 0.6 is 0 Å². The molecule has 1 aromatic carbocycles. The molecule has 0 aliphatic carbocycles. The van der Waals surface area contributed by atoms with Crippen molar-refractivity contribution in [1.82, 2.24) is 9.61 Å². The zero-order chi connectivity index (χ0) is 19.7. The Morgan fingerprint density at radius 1 is 1.15 bits per heavy atom. The Bertz CT molecular complexity index is 984. The van der Waals surface area contributed by atoms with Gasteiger partial charge in [0.1, 0.15) is 5.82 Å². The molecule has 0 N–H and O–H groups in total. The number of hydrogen-bond donors (Lipinski definition) is 0. The molecule has 27 heavy (non-hydrogen) atoms. The molecule has 0 fully saturated rings. The van der Waals surface area contributed by atoms with E-state index in [1.807, 2.05) is 30.6 Å². The van der Waals surface area contributed by atoms with Gasteiger partial charge in [-0.05, 0) is 56.0 Å². The van der Waals surface area contributed by atoms with E-state index >= 15 is 0 Å². The van der Waals surface area contributed by atoms with E-state index in [9.17, 15) is 4.79 Å². The van der Waals surface area contributed by atoms with E-state index < -0.39 is 0 Å². The van der Waals surface area contributed by atoms with Crippen molar-refractivity contribution in [2.75, 3.05) is 25.6 Å². The lowest BCUT2D eigenvalue weighted by atomic mass is 9.94. The number of anilines is 1. The average Bonchev–Trinajstić information content (AvgIpc) is 2.96. The summed E-state index contributed by atoms with van der Waals surface area (Å²) in [5, 5.41) is 4.82. The lowest BCUT2D eigenvalue weighted by Gasteiger charge is -2.20. The van der Waals surface area contributed by atoms with Crippen molar-refractivity contribution in [3.63, 3.8) is 0 Å². The Balaban J connectivity index is 2.38. The highest BCUT2D eigenvalue weighted by atomic mass is 16.5. The molecule has 0 unspecified atom stereocenters. The summed E-state index contributed by atoms with van der Waals surface area (Å²) in [4.78, 5) is 14.4. The van der Waals surface area contributed by atoms with Crippen LogP contribution in [0.3, 0.4) is 0 Å². The van der Waals surface area contributed by atoms with Gasteiger partial charge in [-0.1, -0.05) is 25.1 Å². The third-order valence-corrected chi connectivity index (χ3v) is 4.99. The Morgan fingerprint density at radius 3 is 2.41 bits per heavy atom. The van der Waals surface area contributed by atoms with Crippen LogP contribution in [0.15, 0.2) is 30.3 Å². The maximum Gasteiger partial charge on any atom is 0.338 e. The van der Waals surface area contributed by atoms with Gasteiger partial charge in [-0.15, -0.1) is 0 Å². The zero-order valence-corrected chi connectivity index (χ0v) is 17.0.